The van der Waals surface area contributed by atoms with Crippen molar-refractivity contribution in [2.24, 2.45) is 0 Å². The van der Waals surface area contributed by atoms with E-state index in [-0.39, 0.29) is 0 Å². The van der Waals surface area contributed by atoms with Crippen molar-refractivity contribution < 1.29 is 0 Å². The van der Waals surface area contributed by atoms with Crippen LogP contribution in [0.5, 0.6) is 0 Å². The Bertz CT molecular complexity index is 99.0. The van der Waals surface area contributed by atoms with Gasteiger partial charge in [-0.3, -0.25) is 5.01 Å². The summed E-state index contributed by atoms with van der Waals surface area (Å²) < 4.78 is 0. The van der Waals surface area contributed by atoms with Gasteiger partial charge < -0.3 is 5.43 Å². The van der Waals surface area contributed by atoms with Crippen molar-refractivity contribution in [1.29, 1.82) is 0 Å². The minimum absolute atomic E-state index is 0.515. The molecule has 0 spiro atoms. The summed E-state index contributed by atoms with van der Waals surface area (Å²) in [6.45, 7) is 8.23. The summed E-state index contributed by atoms with van der Waals surface area (Å²) in [6, 6.07) is 0.515. The minimum Gasteiger partial charge on any atom is -0.310 e. The highest BCUT2D eigenvalue weighted by atomic mass is 15.7. The predicted octanol–water partition coefficient (Wildman–Crippen LogP) is 1.22. The molecule has 0 saturated heterocycles. The lowest BCUT2D eigenvalue weighted by molar-refractivity contribution is 0.222. The standard InChI is InChI=1S/C5H11N3.C2H6/c1-5(2)8-4-3-6-7-8;1-2/h3-7H,1-2H3;1-2H3. The van der Waals surface area contributed by atoms with Gasteiger partial charge in [0.15, 0.2) is 0 Å². The maximum absolute atomic E-state index is 2.93. The zero-order valence-electron chi connectivity index (χ0n) is 7.18. The third kappa shape index (κ3) is 2.73. The van der Waals surface area contributed by atoms with Crippen molar-refractivity contribution in [1.82, 2.24) is 16.0 Å². The number of rotatable bonds is 1. The van der Waals surface area contributed by atoms with E-state index in [1.54, 1.807) is 0 Å². The van der Waals surface area contributed by atoms with Crippen molar-refractivity contribution in [3.8, 4) is 0 Å². The van der Waals surface area contributed by atoms with Crippen LogP contribution in [0.15, 0.2) is 12.4 Å². The topological polar surface area (TPSA) is 27.3 Å². The molecule has 60 valence electrons. The van der Waals surface area contributed by atoms with Gasteiger partial charge in [0, 0.05) is 18.4 Å². The molecule has 1 aliphatic heterocycles. The van der Waals surface area contributed by atoms with Crippen LogP contribution in [0.25, 0.3) is 0 Å². The van der Waals surface area contributed by atoms with Crippen LogP contribution in [0.3, 0.4) is 0 Å². The first-order chi connectivity index (χ1) is 4.80. The molecular formula is C7H17N3. The quantitative estimate of drug-likeness (QED) is 0.578. The average Bonchev–Trinajstić information content (AvgIpc) is 2.42. The summed E-state index contributed by atoms with van der Waals surface area (Å²) in [4.78, 5) is 0. The van der Waals surface area contributed by atoms with Gasteiger partial charge in [0.1, 0.15) is 0 Å². The van der Waals surface area contributed by atoms with Crippen LogP contribution in [0.2, 0.25) is 0 Å². The highest BCUT2D eigenvalue weighted by Crippen LogP contribution is 1.95. The second-order valence-corrected chi connectivity index (χ2v) is 2.07. The van der Waals surface area contributed by atoms with E-state index in [2.05, 4.69) is 24.8 Å². The van der Waals surface area contributed by atoms with Crippen molar-refractivity contribution in [2.75, 3.05) is 0 Å². The Balaban J connectivity index is 0.000000371. The molecule has 0 aromatic heterocycles. The molecule has 0 aromatic carbocycles. The number of hydrogen-bond acceptors (Lipinski definition) is 3. The molecular weight excluding hydrogens is 126 g/mol. The van der Waals surface area contributed by atoms with Crippen LogP contribution >= 0.6 is 0 Å². The van der Waals surface area contributed by atoms with Crippen molar-refractivity contribution in [3.63, 3.8) is 0 Å². The fraction of sp³-hybridized carbons (Fsp3) is 0.714. The smallest absolute Gasteiger partial charge is 0.0410 e. The van der Waals surface area contributed by atoms with Gasteiger partial charge in [-0.15, -0.1) is 5.53 Å². The summed E-state index contributed by atoms with van der Waals surface area (Å²) in [5, 5.41) is 1.99. The molecule has 10 heavy (non-hydrogen) atoms. The third-order valence-corrected chi connectivity index (χ3v) is 1.07. The lowest BCUT2D eigenvalue weighted by Crippen LogP contribution is -2.39. The van der Waals surface area contributed by atoms with E-state index in [0.717, 1.165) is 0 Å². The maximum Gasteiger partial charge on any atom is 0.0410 e. The third-order valence-electron chi connectivity index (χ3n) is 1.07. The van der Waals surface area contributed by atoms with E-state index in [9.17, 15) is 0 Å². The molecule has 0 saturated carbocycles. The molecule has 0 fully saturated rings. The molecule has 1 rings (SSSR count). The Morgan fingerprint density at radius 1 is 1.30 bits per heavy atom. The summed E-state index contributed by atoms with van der Waals surface area (Å²) >= 11 is 0. The Labute approximate surface area is 63.0 Å². The molecule has 0 aromatic rings. The van der Waals surface area contributed by atoms with Crippen LogP contribution in [0.4, 0.5) is 0 Å². The molecule has 1 heterocycles. The van der Waals surface area contributed by atoms with E-state index in [1.807, 2.05) is 31.3 Å². The zero-order valence-corrected chi connectivity index (χ0v) is 7.18. The van der Waals surface area contributed by atoms with E-state index in [0.29, 0.717) is 6.04 Å². The second-order valence-electron chi connectivity index (χ2n) is 2.07. The molecule has 0 amide bonds. The Kier molecular flexibility index (Phi) is 4.76. The SMILES string of the molecule is CC.CC(C)N1C=CNN1. The van der Waals surface area contributed by atoms with Crippen LogP contribution in [0, 0.1) is 0 Å². The summed E-state index contributed by atoms with van der Waals surface area (Å²) in [5.74, 6) is 0. The fourth-order valence-electron chi connectivity index (χ4n) is 0.568. The van der Waals surface area contributed by atoms with Gasteiger partial charge >= 0.3 is 0 Å². The first-order valence-corrected chi connectivity index (χ1v) is 3.77. The van der Waals surface area contributed by atoms with Crippen LogP contribution in [-0.2, 0) is 0 Å². The lowest BCUT2D eigenvalue weighted by Gasteiger charge is -2.18. The lowest BCUT2D eigenvalue weighted by atomic mass is 10.4. The second kappa shape index (κ2) is 5.11. The van der Waals surface area contributed by atoms with Gasteiger partial charge in [-0.05, 0) is 13.8 Å². The molecule has 3 heteroatoms. The average molecular weight is 143 g/mol. The monoisotopic (exact) mass is 143 g/mol. The summed E-state index contributed by atoms with van der Waals surface area (Å²) in [5.41, 5.74) is 5.78. The van der Waals surface area contributed by atoms with Gasteiger partial charge in [-0.25, -0.2) is 0 Å². The van der Waals surface area contributed by atoms with Gasteiger partial charge in [0.25, 0.3) is 0 Å². The molecule has 0 bridgehead atoms. The van der Waals surface area contributed by atoms with E-state index < -0.39 is 0 Å². The van der Waals surface area contributed by atoms with Gasteiger partial charge in [-0.1, -0.05) is 13.8 Å². The molecule has 0 aliphatic carbocycles. The van der Waals surface area contributed by atoms with Crippen molar-refractivity contribution >= 4 is 0 Å². The van der Waals surface area contributed by atoms with Gasteiger partial charge in [-0.2, -0.15) is 0 Å². The van der Waals surface area contributed by atoms with Gasteiger partial charge in [0.05, 0.1) is 0 Å². The number of nitrogens with one attached hydrogen (secondary N) is 2. The zero-order chi connectivity index (χ0) is 7.98. The van der Waals surface area contributed by atoms with E-state index >= 15 is 0 Å². The molecule has 3 nitrogen and oxygen atoms in total. The normalized spacial score (nSPS) is 14.7. The predicted molar refractivity (Wildman–Crippen MR) is 43.7 cm³/mol. The fourth-order valence-corrected chi connectivity index (χ4v) is 0.568. The summed E-state index contributed by atoms with van der Waals surface area (Å²) in [7, 11) is 0. The first kappa shape index (κ1) is 9.30. The largest absolute Gasteiger partial charge is 0.310 e. The molecule has 1 aliphatic rings. The van der Waals surface area contributed by atoms with Crippen LogP contribution in [0.1, 0.15) is 27.7 Å². The van der Waals surface area contributed by atoms with Crippen LogP contribution in [-0.4, -0.2) is 11.1 Å². The minimum atomic E-state index is 0.515. The molecule has 0 radical (unpaired) electrons. The Morgan fingerprint density at radius 3 is 2.10 bits per heavy atom. The molecule has 2 N–H and O–H groups in total. The Morgan fingerprint density at radius 2 is 1.90 bits per heavy atom. The highest BCUT2D eigenvalue weighted by molar-refractivity contribution is 4.83. The molecule has 0 unspecified atom stereocenters. The van der Waals surface area contributed by atoms with E-state index in [4.69, 9.17) is 0 Å². The number of hydrogen-bond donors (Lipinski definition) is 2. The number of hydrazine groups is 2. The Hall–Kier alpha value is -0.700. The summed E-state index contributed by atoms with van der Waals surface area (Å²) in [6.07, 6.45) is 3.82. The first-order valence-electron chi connectivity index (χ1n) is 3.77. The van der Waals surface area contributed by atoms with Gasteiger partial charge in [0.2, 0.25) is 0 Å². The van der Waals surface area contributed by atoms with Crippen molar-refractivity contribution in [3.05, 3.63) is 12.4 Å². The highest BCUT2D eigenvalue weighted by Gasteiger charge is 2.04. The maximum atomic E-state index is 2.93. The van der Waals surface area contributed by atoms with E-state index in [1.165, 1.54) is 0 Å². The van der Waals surface area contributed by atoms with Crippen LogP contribution < -0.4 is 11.0 Å². The molecule has 0 atom stereocenters. The van der Waals surface area contributed by atoms with Crippen molar-refractivity contribution in [2.45, 2.75) is 33.7 Å². The number of nitrogens with zero attached hydrogens (tertiary/aromatic N) is 1.